The summed E-state index contributed by atoms with van der Waals surface area (Å²) in [6.45, 7) is 2.08. The Morgan fingerprint density at radius 2 is 1.89 bits per heavy atom. The number of nitrogens with zero attached hydrogens (tertiary/aromatic N) is 1. The second-order valence-electron chi connectivity index (χ2n) is 4.12. The smallest absolute Gasteiger partial charge is 0.188 e. The van der Waals surface area contributed by atoms with Gasteiger partial charge in [0.2, 0.25) is 0 Å². The van der Waals surface area contributed by atoms with E-state index >= 15 is 0 Å². The van der Waals surface area contributed by atoms with Crippen molar-refractivity contribution in [1.29, 1.82) is 0 Å². The predicted octanol–water partition coefficient (Wildman–Crippen LogP) is 5.11. The van der Waals surface area contributed by atoms with Gasteiger partial charge in [0.1, 0.15) is 0 Å². The summed E-state index contributed by atoms with van der Waals surface area (Å²) in [6, 6.07) is 14.4. The molecule has 1 aromatic heterocycles. The van der Waals surface area contributed by atoms with Gasteiger partial charge in [-0.25, -0.2) is 4.98 Å². The molecule has 0 aliphatic rings. The van der Waals surface area contributed by atoms with Crippen molar-refractivity contribution in [2.24, 2.45) is 0 Å². The fourth-order valence-corrected chi connectivity index (χ4v) is 3.15. The zero-order chi connectivity index (χ0) is 12.5. The number of benzene rings is 2. The summed E-state index contributed by atoms with van der Waals surface area (Å²) >= 11 is 5.13. The predicted molar refractivity (Wildman–Crippen MR) is 81.8 cm³/mol. The molecule has 90 valence electrons. The van der Waals surface area contributed by atoms with E-state index in [2.05, 4.69) is 63.5 Å². The van der Waals surface area contributed by atoms with Gasteiger partial charge in [-0.3, -0.25) is 0 Å². The van der Waals surface area contributed by atoms with Crippen molar-refractivity contribution in [3.63, 3.8) is 0 Å². The topological polar surface area (TPSA) is 24.9 Å². The lowest BCUT2D eigenvalue weighted by Crippen LogP contribution is -1.88. The highest BCUT2D eigenvalue weighted by molar-refractivity contribution is 9.10. The third kappa shape index (κ3) is 2.40. The van der Waals surface area contributed by atoms with E-state index in [0.29, 0.717) is 0 Å². The summed E-state index contributed by atoms with van der Waals surface area (Å²) in [5.41, 5.74) is 3.35. The Hall–Kier alpha value is -1.39. The molecule has 0 amide bonds. The lowest BCUT2D eigenvalue weighted by molar-refractivity contribution is 1.42. The molecule has 0 fully saturated rings. The fraction of sp³-hybridized carbons (Fsp3) is 0.0714. The third-order valence-corrected chi connectivity index (χ3v) is 4.08. The molecule has 0 spiro atoms. The Bertz CT molecular complexity index is 689. The molecular weight excluding hydrogens is 308 g/mol. The molecule has 4 heteroatoms. The van der Waals surface area contributed by atoms with E-state index in [1.807, 2.05) is 12.1 Å². The van der Waals surface area contributed by atoms with Crippen LogP contribution in [0.3, 0.4) is 0 Å². The summed E-state index contributed by atoms with van der Waals surface area (Å²) in [7, 11) is 0. The first-order chi connectivity index (χ1) is 8.70. The molecule has 0 aliphatic heterocycles. The average Bonchev–Trinajstić information content (AvgIpc) is 2.73. The summed E-state index contributed by atoms with van der Waals surface area (Å²) in [5.74, 6) is 0. The largest absolute Gasteiger partial charge is 0.332 e. The Balaban J connectivity index is 1.92. The maximum Gasteiger partial charge on any atom is 0.188 e. The number of nitrogens with one attached hydrogen (secondary N) is 1. The van der Waals surface area contributed by atoms with Gasteiger partial charge in [0.05, 0.1) is 10.2 Å². The van der Waals surface area contributed by atoms with Crippen molar-refractivity contribution in [3.8, 4) is 0 Å². The van der Waals surface area contributed by atoms with Crippen LogP contribution in [0.25, 0.3) is 10.2 Å². The van der Waals surface area contributed by atoms with E-state index in [-0.39, 0.29) is 0 Å². The molecule has 0 aliphatic carbocycles. The number of rotatable bonds is 2. The molecule has 0 saturated carbocycles. The van der Waals surface area contributed by atoms with Gasteiger partial charge in [-0.2, -0.15) is 0 Å². The maximum absolute atomic E-state index is 4.56. The van der Waals surface area contributed by atoms with Crippen molar-refractivity contribution < 1.29 is 0 Å². The average molecular weight is 319 g/mol. The quantitative estimate of drug-likeness (QED) is 0.710. The Labute approximate surface area is 118 Å². The van der Waals surface area contributed by atoms with E-state index in [1.54, 1.807) is 11.3 Å². The maximum atomic E-state index is 4.56. The number of anilines is 2. The number of thiazole rings is 1. The van der Waals surface area contributed by atoms with Gasteiger partial charge >= 0.3 is 0 Å². The second kappa shape index (κ2) is 4.71. The van der Waals surface area contributed by atoms with Crippen LogP contribution in [0, 0.1) is 6.92 Å². The molecule has 2 aromatic carbocycles. The molecule has 0 bridgehead atoms. The van der Waals surface area contributed by atoms with Crippen LogP contribution in [0.15, 0.2) is 46.9 Å². The van der Waals surface area contributed by atoms with Crippen LogP contribution < -0.4 is 5.32 Å². The highest BCUT2D eigenvalue weighted by atomic mass is 79.9. The van der Waals surface area contributed by atoms with Crippen molar-refractivity contribution in [2.75, 3.05) is 5.32 Å². The number of aromatic nitrogens is 1. The Kier molecular flexibility index (Phi) is 3.06. The van der Waals surface area contributed by atoms with Gasteiger partial charge in [-0.05, 0) is 37.3 Å². The molecule has 2 nitrogen and oxygen atoms in total. The lowest BCUT2D eigenvalue weighted by atomic mass is 10.2. The summed E-state index contributed by atoms with van der Waals surface area (Å²) in [6.07, 6.45) is 0. The van der Waals surface area contributed by atoms with Crippen molar-refractivity contribution in [1.82, 2.24) is 4.98 Å². The van der Waals surface area contributed by atoms with Gasteiger partial charge in [0.25, 0.3) is 0 Å². The molecule has 0 unspecified atom stereocenters. The van der Waals surface area contributed by atoms with Crippen LogP contribution in [0.1, 0.15) is 5.56 Å². The number of halogens is 1. The molecule has 0 atom stereocenters. The van der Waals surface area contributed by atoms with Gasteiger partial charge < -0.3 is 5.32 Å². The van der Waals surface area contributed by atoms with Crippen LogP contribution in [0.2, 0.25) is 0 Å². The minimum atomic E-state index is 0.923. The number of hydrogen-bond donors (Lipinski definition) is 1. The molecule has 18 heavy (non-hydrogen) atoms. The lowest BCUT2D eigenvalue weighted by Gasteiger charge is -2.01. The molecule has 1 N–H and O–H groups in total. The van der Waals surface area contributed by atoms with Gasteiger partial charge in [-0.15, -0.1) is 0 Å². The molecule has 3 aromatic rings. The standard InChI is InChI=1S/C14H11BrN2S/c1-9-2-5-11(6-3-9)16-14-17-12-7-4-10(15)8-13(12)18-14/h2-8H,1H3,(H,16,17). The monoisotopic (exact) mass is 318 g/mol. The van der Waals surface area contributed by atoms with Crippen LogP contribution >= 0.6 is 27.3 Å². The molecular formula is C14H11BrN2S. The van der Waals surface area contributed by atoms with Gasteiger partial charge in [-0.1, -0.05) is 45.0 Å². The first-order valence-electron chi connectivity index (χ1n) is 5.60. The molecule has 0 radical (unpaired) electrons. The first kappa shape index (κ1) is 11.7. The van der Waals surface area contributed by atoms with Gasteiger partial charge in [0.15, 0.2) is 5.13 Å². The highest BCUT2D eigenvalue weighted by Crippen LogP contribution is 2.30. The summed E-state index contributed by atoms with van der Waals surface area (Å²) < 4.78 is 2.26. The molecule has 0 saturated heterocycles. The fourth-order valence-electron chi connectivity index (χ4n) is 1.71. The van der Waals surface area contributed by atoms with E-state index in [1.165, 1.54) is 10.3 Å². The normalized spacial score (nSPS) is 10.8. The molecule has 1 heterocycles. The van der Waals surface area contributed by atoms with E-state index in [4.69, 9.17) is 0 Å². The van der Waals surface area contributed by atoms with Crippen LogP contribution in [-0.4, -0.2) is 4.98 Å². The summed E-state index contributed by atoms with van der Waals surface area (Å²) in [5, 5.41) is 4.26. The zero-order valence-corrected chi connectivity index (χ0v) is 12.2. The SMILES string of the molecule is Cc1ccc(Nc2nc3ccc(Br)cc3s2)cc1. The summed E-state index contributed by atoms with van der Waals surface area (Å²) in [4.78, 5) is 4.56. The third-order valence-electron chi connectivity index (χ3n) is 2.65. The van der Waals surface area contributed by atoms with Crippen LogP contribution in [0.5, 0.6) is 0 Å². The second-order valence-corrected chi connectivity index (χ2v) is 6.07. The van der Waals surface area contributed by atoms with Crippen molar-refractivity contribution >= 4 is 48.3 Å². The Morgan fingerprint density at radius 1 is 1.11 bits per heavy atom. The minimum absolute atomic E-state index is 0.923. The number of fused-ring (bicyclic) bond motifs is 1. The molecule has 3 rings (SSSR count). The van der Waals surface area contributed by atoms with E-state index in [0.717, 1.165) is 20.8 Å². The van der Waals surface area contributed by atoms with Crippen molar-refractivity contribution in [3.05, 3.63) is 52.5 Å². The van der Waals surface area contributed by atoms with Gasteiger partial charge in [0, 0.05) is 10.2 Å². The number of aryl methyl sites for hydroxylation is 1. The van der Waals surface area contributed by atoms with Crippen molar-refractivity contribution in [2.45, 2.75) is 6.92 Å². The zero-order valence-electron chi connectivity index (χ0n) is 9.77. The van der Waals surface area contributed by atoms with E-state index in [9.17, 15) is 0 Å². The Morgan fingerprint density at radius 3 is 2.67 bits per heavy atom. The number of hydrogen-bond acceptors (Lipinski definition) is 3. The minimum Gasteiger partial charge on any atom is -0.332 e. The highest BCUT2D eigenvalue weighted by Gasteiger charge is 2.04. The van der Waals surface area contributed by atoms with E-state index < -0.39 is 0 Å². The first-order valence-corrected chi connectivity index (χ1v) is 7.21. The van der Waals surface area contributed by atoms with Crippen LogP contribution in [-0.2, 0) is 0 Å². The van der Waals surface area contributed by atoms with Crippen LogP contribution in [0.4, 0.5) is 10.8 Å².